The zero-order valence-electron chi connectivity index (χ0n) is 34.0. The Balaban J connectivity index is 1.04. The topological polar surface area (TPSA) is 16.4 Å². The van der Waals surface area contributed by atoms with E-state index in [1.54, 1.807) is 0 Å². The van der Waals surface area contributed by atoms with Gasteiger partial charge in [0.15, 0.2) is 0 Å². The molecule has 2 heteroatoms. The number of fused-ring (bicyclic) bond motifs is 3. The van der Waals surface area contributed by atoms with Crippen molar-refractivity contribution in [1.29, 1.82) is 0 Å². The van der Waals surface area contributed by atoms with Crippen LogP contribution in [0.25, 0.3) is 88.7 Å². The highest BCUT2D eigenvalue weighted by Gasteiger charge is 2.20. The van der Waals surface area contributed by atoms with Gasteiger partial charge in [-0.05, 0) is 116 Å². The maximum absolute atomic E-state index is 6.44. The van der Waals surface area contributed by atoms with Crippen LogP contribution in [0.1, 0.15) is 0 Å². The molecule has 0 amide bonds. The Labute approximate surface area is 362 Å². The molecule has 0 unspecified atom stereocenters. The molecule has 0 atom stereocenters. The van der Waals surface area contributed by atoms with Crippen molar-refractivity contribution in [3.8, 4) is 66.8 Å². The molecule has 0 radical (unpaired) electrons. The number of hydrogen-bond donors (Lipinski definition) is 0. The molecule has 10 aromatic carbocycles. The molecule has 0 aliphatic heterocycles. The number of hydrogen-bond acceptors (Lipinski definition) is 2. The van der Waals surface area contributed by atoms with Crippen LogP contribution in [0.3, 0.4) is 0 Å². The molecule has 1 aromatic heterocycles. The summed E-state index contributed by atoms with van der Waals surface area (Å²) in [7, 11) is 0. The van der Waals surface area contributed by atoms with Crippen molar-refractivity contribution in [2.75, 3.05) is 4.90 Å². The average Bonchev–Trinajstić information content (AvgIpc) is 3.75. The van der Waals surface area contributed by atoms with Crippen LogP contribution in [0.2, 0.25) is 0 Å². The first-order valence-corrected chi connectivity index (χ1v) is 21.2. The summed E-state index contributed by atoms with van der Waals surface area (Å²) in [6.45, 7) is 0. The first-order valence-electron chi connectivity index (χ1n) is 21.2. The monoisotopic (exact) mass is 791 g/mol. The fourth-order valence-corrected chi connectivity index (χ4v) is 8.86. The Morgan fingerprint density at radius 2 is 0.645 bits per heavy atom. The number of rotatable bonds is 9. The van der Waals surface area contributed by atoms with Crippen molar-refractivity contribution in [3.63, 3.8) is 0 Å². The number of anilines is 3. The van der Waals surface area contributed by atoms with E-state index in [9.17, 15) is 0 Å². The predicted octanol–water partition coefficient (Wildman–Crippen LogP) is 17.1. The van der Waals surface area contributed by atoms with Crippen molar-refractivity contribution in [2.24, 2.45) is 0 Å². The molecular weight excluding hydrogens is 751 g/mol. The molecule has 11 aromatic rings. The Morgan fingerprint density at radius 3 is 1.18 bits per heavy atom. The van der Waals surface area contributed by atoms with E-state index in [-0.39, 0.29) is 0 Å². The molecule has 0 N–H and O–H groups in total. The van der Waals surface area contributed by atoms with Crippen LogP contribution < -0.4 is 4.90 Å². The van der Waals surface area contributed by atoms with Crippen LogP contribution in [0.15, 0.2) is 253 Å². The van der Waals surface area contributed by atoms with Crippen LogP contribution in [-0.2, 0) is 0 Å². The second-order valence-electron chi connectivity index (χ2n) is 15.7. The average molecular weight is 792 g/mol. The van der Waals surface area contributed by atoms with Gasteiger partial charge in [-0.2, -0.15) is 0 Å². The maximum Gasteiger partial charge on any atom is 0.143 e. The first kappa shape index (κ1) is 36.8. The highest BCUT2D eigenvalue weighted by atomic mass is 16.3. The molecule has 62 heavy (non-hydrogen) atoms. The molecule has 0 spiro atoms. The molecule has 0 aliphatic rings. The highest BCUT2D eigenvalue weighted by Crippen LogP contribution is 2.45. The number of furan rings is 1. The van der Waals surface area contributed by atoms with E-state index < -0.39 is 0 Å². The fraction of sp³-hybridized carbons (Fsp3) is 0. The lowest BCUT2D eigenvalue weighted by Crippen LogP contribution is -2.09. The molecule has 2 nitrogen and oxygen atoms in total. The first-order chi connectivity index (χ1) is 30.7. The lowest BCUT2D eigenvalue weighted by atomic mass is 9.84. The van der Waals surface area contributed by atoms with Gasteiger partial charge >= 0.3 is 0 Å². The Hall–Kier alpha value is -8.20. The molecule has 0 saturated heterocycles. The normalized spacial score (nSPS) is 11.2. The van der Waals surface area contributed by atoms with Crippen LogP contribution in [0.4, 0.5) is 17.1 Å². The molecule has 1 heterocycles. The maximum atomic E-state index is 6.44. The van der Waals surface area contributed by atoms with Gasteiger partial charge in [-0.25, -0.2) is 0 Å². The van der Waals surface area contributed by atoms with E-state index in [0.29, 0.717) is 0 Å². The van der Waals surface area contributed by atoms with E-state index in [4.69, 9.17) is 4.42 Å². The summed E-state index contributed by atoms with van der Waals surface area (Å²) in [6.07, 6.45) is 0. The van der Waals surface area contributed by atoms with E-state index in [1.807, 2.05) is 12.1 Å². The minimum atomic E-state index is 0.902. The summed E-state index contributed by atoms with van der Waals surface area (Å²) in [5, 5.41) is 2.26. The van der Waals surface area contributed by atoms with Gasteiger partial charge in [-0.1, -0.05) is 194 Å². The third-order valence-electron chi connectivity index (χ3n) is 11.9. The summed E-state index contributed by atoms with van der Waals surface area (Å²) in [5.41, 5.74) is 19.1. The Kier molecular flexibility index (Phi) is 9.57. The summed E-state index contributed by atoms with van der Waals surface area (Å²) in [5.74, 6) is 0. The van der Waals surface area contributed by atoms with E-state index in [0.717, 1.165) is 55.7 Å². The minimum Gasteiger partial charge on any atom is -0.455 e. The molecule has 292 valence electrons. The van der Waals surface area contributed by atoms with Crippen molar-refractivity contribution >= 4 is 39.0 Å². The quantitative estimate of drug-likeness (QED) is 0.145. The highest BCUT2D eigenvalue weighted by molar-refractivity contribution is 6.09. The van der Waals surface area contributed by atoms with Crippen molar-refractivity contribution < 1.29 is 4.42 Å². The van der Waals surface area contributed by atoms with Crippen molar-refractivity contribution in [1.82, 2.24) is 0 Å². The van der Waals surface area contributed by atoms with Crippen LogP contribution in [0, 0.1) is 0 Å². The van der Waals surface area contributed by atoms with Gasteiger partial charge in [-0.3, -0.25) is 0 Å². The van der Waals surface area contributed by atoms with Gasteiger partial charge in [-0.15, -0.1) is 0 Å². The smallest absolute Gasteiger partial charge is 0.143 e. The Bertz CT molecular complexity index is 3220. The van der Waals surface area contributed by atoms with Crippen molar-refractivity contribution in [2.45, 2.75) is 0 Å². The molecule has 0 saturated carbocycles. The van der Waals surface area contributed by atoms with Crippen LogP contribution in [-0.4, -0.2) is 0 Å². The summed E-state index contributed by atoms with van der Waals surface area (Å²) in [6, 6.07) is 89.1. The lowest BCUT2D eigenvalue weighted by Gasteiger charge is -2.26. The summed E-state index contributed by atoms with van der Waals surface area (Å²) >= 11 is 0. The number of benzene rings is 10. The van der Waals surface area contributed by atoms with E-state index in [1.165, 1.54) is 50.1 Å². The molecule has 0 aliphatic carbocycles. The van der Waals surface area contributed by atoms with Gasteiger partial charge in [0.05, 0.1) is 0 Å². The van der Waals surface area contributed by atoms with E-state index >= 15 is 0 Å². The third-order valence-corrected chi connectivity index (χ3v) is 11.9. The SMILES string of the molecule is c1ccc(-c2ccc(N(c3ccc(-c4c(-c5ccccc5)cc(-c5ccccc5)cc4-c4ccccc4)cc3)c3ccc(-c4cccc5c4oc4ccccc45)cc3)cc2)cc1. The predicted molar refractivity (Wildman–Crippen MR) is 261 cm³/mol. The van der Waals surface area contributed by atoms with Gasteiger partial charge in [0.1, 0.15) is 11.2 Å². The van der Waals surface area contributed by atoms with Crippen LogP contribution >= 0.6 is 0 Å². The van der Waals surface area contributed by atoms with Gasteiger partial charge in [0.2, 0.25) is 0 Å². The molecule has 0 bridgehead atoms. The number of nitrogens with zero attached hydrogens (tertiary/aromatic N) is 1. The zero-order valence-corrected chi connectivity index (χ0v) is 34.0. The van der Waals surface area contributed by atoms with Crippen LogP contribution in [0.5, 0.6) is 0 Å². The van der Waals surface area contributed by atoms with Crippen molar-refractivity contribution in [3.05, 3.63) is 249 Å². The third kappa shape index (κ3) is 6.94. The summed E-state index contributed by atoms with van der Waals surface area (Å²) in [4.78, 5) is 2.35. The second kappa shape index (κ2) is 16.1. The molecular formula is C60H41NO. The lowest BCUT2D eigenvalue weighted by molar-refractivity contribution is 0.670. The standard InChI is InChI=1S/C60H41NO/c1-5-16-42(17-6-1)44-28-34-50(35-29-44)61(51-36-30-47(31-37-51)53-25-15-26-55-54-24-13-14-27-58(54)62-60(53)55)52-38-32-48(33-39-52)59-56(45-20-9-3-10-21-45)40-49(43-18-7-2-8-19-43)41-57(59)46-22-11-4-12-23-46/h1-41H. The van der Waals surface area contributed by atoms with E-state index in [2.05, 4.69) is 241 Å². The summed E-state index contributed by atoms with van der Waals surface area (Å²) < 4.78 is 6.44. The molecule has 11 rings (SSSR count). The second-order valence-corrected chi connectivity index (χ2v) is 15.7. The minimum absolute atomic E-state index is 0.902. The van der Waals surface area contributed by atoms with Gasteiger partial charge < -0.3 is 9.32 Å². The largest absolute Gasteiger partial charge is 0.455 e. The number of para-hydroxylation sites is 2. The Morgan fingerprint density at radius 1 is 0.258 bits per heavy atom. The fourth-order valence-electron chi connectivity index (χ4n) is 8.86. The zero-order chi connectivity index (χ0) is 41.2. The van der Waals surface area contributed by atoms with Gasteiger partial charge in [0, 0.05) is 33.4 Å². The molecule has 0 fully saturated rings. The van der Waals surface area contributed by atoms with Gasteiger partial charge in [0.25, 0.3) is 0 Å².